The number of amides is 1. The average molecular weight is 776 g/mol. The summed E-state index contributed by atoms with van der Waals surface area (Å²) in [5.41, 5.74) is -5.28. The van der Waals surface area contributed by atoms with Crippen molar-refractivity contribution in [3.05, 3.63) is 42.7 Å². The van der Waals surface area contributed by atoms with Gasteiger partial charge < -0.3 is 39.0 Å². The van der Waals surface area contributed by atoms with E-state index in [0.29, 0.717) is 32.2 Å². The largest absolute Gasteiger partial charge is 0.455 e. The average Bonchev–Trinajstić information content (AvgIpc) is 3.42. The van der Waals surface area contributed by atoms with E-state index in [1.54, 1.807) is 46.9 Å². The van der Waals surface area contributed by atoms with Crippen LogP contribution in [0.5, 0.6) is 0 Å². The van der Waals surface area contributed by atoms with Crippen molar-refractivity contribution in [1.82, 2.24) is 15.2 Å². The number of halogens is 1. The van der Waals surface area contributed by atoms with Crippen molar-refractivity contribution in [1.29, 1.82) is 0 Å². The van der Waals surface area contributed by atoms with Crippen molar-refractivity contribution in [2.24, 2.45) is 17.8 Å². The predicted octanol–water partition coefficient (Wildman–Crippen LogP) is 4.91. The van der Waals surface area contributed by atoms with Crippen molar-refractivity contribution >= 4 is 23.6 Å². The Balaban J connectivity index is 1.74. The number of hydrogen-bond donors (Lipinski definition) is 2. The van der Waals surface area contributed by atoms with Gasteiger partial charge in [-0.1, -0.05) is 39.8 Å². The molecule has 2 N–H and O–H groups in total. The molecule has 3 aliphatic heterocycles. The highest BCUT2D eigenvalue weighted by atomic mass is 19.1. The van der Waals surface area contributed by atoms with Crippen LogP contribution in [-0.4, -0.2) is 118 Å². The molecule has 1 aromatic rings. The van der Waals surface area contributed by atoms with Crippen molar-refractivity contribution in [2.75, 3.05) is 20.2 Å². The number of methoxy groups -OCH3 is 1. The summed E-state index contributed by atoms with van der Waals surface area (Å²) in [7, 11) is 1.40. The van der Waals surface area contributed by atoms with Crippen LogP contribution in [0.2, 0.25) is 0 Å². The van der Waals surface area contributed by atoms with Crippen LogP contribution in [0, 0.1) is 17.8 Å². The minimum Gasteiger partial charge on any atom is -0.455 e. The second-order valence-corrected chi connectivity index (χ2v) is 16.1. The van der Waals surface area contributed by atoms with Gasteiger partial charge in [-0.05, 0) is 78.4 Å². The summed E-state index contributed by atoms with van der Waals surface area (Å²) < 4.78 is 47.2. The van der Waals surface area contributed by atoms with Gasteiger partial charge in [0.25, 0.3) is 5.67 Å². The van der Waals surface area contributed by atoms with Crippen LogP contribution in [0.4, 0.5) is 9.18 Å². The smallest absolute Gasteiger partial charge is 0.410 e. The Bertz CT molecular complexity index is 1510. The molecule has 0 aromatic carbocycles. The molecule has 0 spiro atoms. The highest BCUT2D eigenvalue weighted by Gasteiger charge is 2.61. The van der Waals surface area contributed by atoms with Crippen LogP contribution < -0.4 is 5.32 Å². The maximum absolute atomic E-state index is 16.8. The standard InChI is InChI=1S/C41H62FN3O10/c1-11-19-44-29-22-25(4)52-36(32(29)47)54-35-27(6)34(48)40(8,42)37(49)53-30(12-2)41(9)33(26(5)31(46)24(3)23-39(35,7)51-10)45(38(50)55-41)21-16-14-18-28-17-13-15-20-43-28/h11,13,15,17,20,24-27,29-30,32-33,35-36,44,47H,1,12,14,16,18-19,21-23H2,2-10H3/t24-,25-,26+,27-,29+,30-,32+,33?,35-,36+,39-,40+,41-/m1/s1. The minimum atomic E-state index is -3.17. The molecule has 13 nitrogen and oxygen atoms in total. The second-order valence-electron chi connectivity index (χ2n) is 16.1. The molecule has 0 bridgehead atoms. The molecule has 0 saturated carbocycles. The molecular formula is C41H62FN3O10. The maximum atomic E-state index is 16.8. The number of unbranched alkanes of at least 4 members (excludes halogenated alkanes) is 1. The van der Waals surface area contributed by atoms with Gasteiger partial charge in [0.05, 0.1) is 23.9 Å². The number of nitrogens with zero attached hydrogens (tertiary/aromatic N) is 2. The summed E-state index contributed by atoms with van der Waals surface area (Å²) in [4.78, 5) is 62.2. The molecule has 1 unspecified atom stereocenters. The molecule has 55 heavy (non-hydrogen) atoms. The number of Topliss-reactive ketones (excluding diaryl/α,β-unsaturated/α-hetero) is 2. The zero-order valence-corrected chi connectivity index (χ0v) is 33.9. The van der Waals surface area contributed by atoms with E-state index < -0.39 is 89.2 Å². The fourth-order valence-electron chi connectivity index (χ4n) is 8.80. The third-order valence-electron chi connectivity index (χ3n) is 11.9. The molecule has 3 aliphatic rings. The number of pyridine rings is 1. The van der Waals surface area contributed by atoms with Gasteiger partial charge in [0.1, 0.15) is 18.0 Å². The number of hydrogen-bond acceptors (Lipinski definition) is 12. The third-order valence-corrected chi connectivity index (χ3v) is 11.9. The van der Waals surface area contributed by atoms with E-state index in [9.17, 15) is 24.3 Å². The number of rotatable bonds is 12. The Hall–Kier alpha value is -3.30. The first-order chi connectivity index (χ1) is 25.9. The SMILES string of the molecule is C=CCN[C@H]1C[C@@H](C)O[C@@H](O[C@@H]2[C@H](C)C(=O)[C@](C)(F)C(=O)O[C@H](CC)[C@@]3(C)OC(=O)N(CCCCc4ccccn4)C3[C@@H](C)C(=O)[C@H](C)C[C@@]2(C)OC)[C@H]1O. The lowest BCUT2D eigenvalue weighted by Crippen LogP contribution is -2.62. The van der Waals surface area contributed by atoms with Crippen molar-refractivity contribution in [3.8, 4) is 0 Å². The molecule has 308 valence electrons. The Labute approximate surface area is 325 Å². The van der Waals surface area contributed by atoms with Gasteiger partial charge in [0.15, 0.2) is 17.7 Å². The number of alkyl halides is 1. The number of carbonyl (C=O) groups is 4. The van der Waals surface area contributed by atoms with Crippen molar-refractivity contribution in [2.45, 2.75) is 154 Å². The van der Waals surface area contributed by atoms with E-state index in [0.717, 1.165) is 12.6 Å². The molecule has 1 aromatic heterocycles. The summed E-state index contributed by atoms with van der Waals surface area (Å²) in [5.74, 6) is -5.77. The van der Waals surface area contributed by atoms with Gasteiger partial charge in [0.2, 0.25) is 0 Å². The van der Waals surface area contributed by atoms with Crippen molar-refractivity contribution in [3.63, 3.8) is 0 Å². The first-order valence-corrected chi connectivity index (χ1v) is 19.6. The van der Waals surface area contributed by atoms with Crippen LogP contribution in [0.3, 0.4) is 0 Å². The number of esters is 1. The van der Waals surface area contributed by atoms with Crippen LogP contribution in [-0.2, 0) is 44.5 Å². The molecule has 13 atom stereocenters. The number of carbonyl (C=O) groups excluding carboxylic acids is 4. The zero-order chi connectivity index (χ0) is 40.9. The van der Waals surface area contributed by atoms with E-state index in [-0.39, 0.29) is 31.3 Å². The van der Waals surface area contributed by atoms with Gasteiger partial charge in [0, 0.05) is 55.9 Å². The molecule has 3 fully saturated rings. The number of nitrogens with one attached hydrogen (secondary N) is 1. The van der Waals surface area contributed by atoms with E-state index in [4.69, 9.17) is 23.7 Å². The number of aliphatic hydroxyl groups is 1. The number of fused-ring (bicyclic) bond motifs is 1. The molecule has 0 aliphatic carbocycles. The van der Waals surface area contributed by atoms with Crippen LogP contribution in [0.1, 0.15) is 93.2 Å². The van der Waals surface area contributed by atoms with Crippen LogP contribution in [0.25, 0.3) is 0 Å². The summed E-state index contributed by atoms with van der Waals surface area (Å²) in [6, 6.07) is 4.32. The van der Waals surface area contributed by atoms with E-state index in [2.05, 4.69) is 16.9 Å². The van der Waals surface area contributed by atoms with Gasteiger partial charge in [-0.15, -0.1) is 6.58 Å². The second kappa shape index (κ2) is 18.3. The maximum Gasteiger partial charge on any atom is 0.410 e. The summed E-state index contributed by atoms with van der Waals surface area (Å²) >= 11 is 0. The zero-order valence-electron chi connectivity index (χ0n) is 33.9. The Kier molecular flexibility index (Phi) is 14.8. The summed E-state index contributed by atoms with van der Waals surface area (Å²) in [6.07, 6.45) is -0.165. The number of aromatic nitrogens is 1. The number of ketones is 2. The lowest BCUT2D eigenvalue weighted by Gasteiger charge is -2.46. The number of ether oxygens (including phenoxy) is 5. The Morgan fingerprint density at radius 2 is 1.82 bits per heavy atom. The summed E-state index contributed by atoms with van der Waals surface area (Å²) in [5, 5.41) is 14.6. The van der Waals surface area contributed by atoms with Gasteiger partial charge in [-0.2, -0.15) is 0 Å². The molecule has 4 rings (SSSR count). The molecule has 14 heteroatoms. The predicted molar refractivity (Wildman–Crippen MR) is 202 cm³/mol. The third kappa shape index (κ3) is 9.47. The van der Waals surface area contributed by atoms with E-state index >= 15 is 4.39 Å². The molecule has 1 amide bonds. The molecule has 4 heterocycles. The topological polar surface area (TPSA) is 163 Å². The van der Waals surface area contributed by atoms with Gasteiger partial charge >= 0.3 is 12.1 Å². The number of aliphatic hydroxyl groups excluding tert-OH is 1. The first kappa shape index (κ1) is 44.4. The number of aryl methyl sites for hydroxylation is 1. The Morgan fingerprint density at radius 3 is 2.44 bits per heavy atom. The molecule has 0 radical (unpaired) electrons. The minimum absolute atomic E-state index is 0.00155. The first-order valence-electron chi connectivity index (χ1n) is 19.6. The van der Waals surface area contributed by atoms with Crippen LogP contribution >= 0.6 is 0 Å². The summed E-state index contributed by atoms with van der Waals surface area (Å²) in [6.45, 7) is 16.9. The fourth-order valence-corrected chi connectivity index (χ4v) is 8.80. The fraction of sp³-hybridized carbons (Fsp3) is 0.732. The lowest BCUT2D eigenvalue weighted by molar-refractivity contribution is -0.290. The van der Waals surface area contributed by atoms with E-state index in [1.807, 2.05) is 25.1 Å². The van der Waals surface area contributed by atoms with E-state index in [1.165, 1.54) is 18.9 Å². The monoisotopic (exact) mass is 775 g/mol. The highest BCUT2D eigenvalue weighted by molar-refractivity contribution is 6.08. The Morgan fingerprint density at radius 1 is 1.11 bits per heavy atom. The quantitative estimate of drug-likeness (QED) is 0.128. The lowest BCUT2D eigenvalue weighted by atomic mass is 9.73. The normalized spacial score (nSPS) is 39.2. The highest BCUT2D eigenvalue weighted by Crippen LogP contribution is 2.43. The molecule has 3 saturated heterocycles. The van der Waals surface area contributed by atoms with Crippen molar-refractivity contribution < 1.29 is 52.4 Å². The van der Waals surface area contributed by atoms with Gasteiger partial charge in [-0.3, -0.25) is 14.6 Å². The van der Waals surface area contributed by atoms with Crippen LogP contribution in [0.15, 0.2) is 37.1 Å². The van der Waals surface area contributed by atoms with Gasteiger partial charge in [-0.25, -0.2) is 14.0 Å². The molecular weight excluding hydrogens is 713 g/mol. The number of cyclic esters (lactones) is 1.